The number of carbonyl (C=O) groups excluding carboxylic acids is 1. The molecule has 10 heteroatoms. The molecule has 0 aliphatic heterocycles. The summed E-state index contributed by atoms with van der Waals surface area (Å²) in [6.07, 6.45) is 9.15. The maximum Gasteiger partial charge on any atom is 0.290 e. The molecule has 0 aromatic carbocycles. The van der Waals surface area contributed by atoms with Crippen LogP contribution in [0.25, 0.3) is 11.0 Å². The number of aryl methyl sites for hydroxylation is 1. The number of rotatable bonds is 4. The standard InChI is InChI=1S/C17H20N6O2.CH2O2/c1-23-14-7-12(8-18-13(14)9-20-23)17(24)19-10-15-21-16(22-25-15)11-5-3-2-4-6-11;2-1-3/h7-9,11H,2-6,10H2,1H3,(H,19,24);1H,(H,2,3). The lowest BCUT2D eigenvalue weighted by atomic mass is 9.89. The van der Waals surface area contributed by atoms with Crippen LogP contribution >= 0.6 is 0 Å². The highest BCUT2D eigenvalue weighted by atomic mass is 16.5. The van der Waals surface area contributed by atoms with Gasteiger partial charge >= 0.3 is 0 Å². The Morgan fingerprint density at radius 1 is 1.36 bits per heavy atom. The fourth-order valence-corrected chi connectivity index (χ4v) is 3.27. The molecule has 3 heterocycles. The Morgan fingerprint density at radius 3 is 2.86 bits per heavy atom. The van der Waals surface area contributed by atoms with E-state index in [9.17, 15) is 4.79 Å². The van der Waals surface area contributed by atoms with Crippen LogP contribution in [0.1, 0.15) is 60.1 Å². The largest absolute Gasteiger partial charge is 0.483 e. The monoisotopic (exact) mass is 386 g/mol. The van der Waals surface area contributed by atoms with Gasteiger partial charge in [0.1, 0.15) is 5.52 Å². The third-order valence-corrected chi connectivity index (χ3v) is 4.72. The van der Waals surface area contributed by atoms with E-state index in [2.05, 4.69) is 25.5 Å². The molecule has 4 rings (SSSR count). The zero-order chi connectivity index (χ0) is 19.9. The molecular weight excluding hydrogens is 364 g/mol. The summed E-state index contributed by atoms with van der Waals surface area (Å²) in [5.74, 6) is 1.36. The van der Waals surface area contributed by atoms with Crippen molar-refractivity contribution in [2.24, 2.45) is 7.05 Å². The van der Waals surface area contributed by atoms with Gasteiger partial charge in [-0.2, -0.15) is 10.1 Å². The minimum Gasteiger partial charge on any atom is -0.483 e. The highest BCUT2D eigenvalue weighted by molar-refractivity contribution is 5.96. The van der Waals surface area contributed by atoms with Crippen LogP contribution in [0.4, 0.5) is 0 Å². The second-order valence-corrected chi connectivity index (χ2v) is 6.57. The van der Waals surface area contributed by atoms with E-state index in [0.717, 1.165) is 29.7 Å². The molecule has 3 aromatic heterocycles. The maximum atomic E-state index is 12.3. The molecule has 1 amide bonds. The van der Waals surface area contributed by atoms with Gasteiger partial charge in [0.15, 0.2) is 5.82 Å². The molecule has 1 saturated carbocycles. The molecule has 0 radical (unpaired) electrons. The van der Waals surface area contributed by atoms with E-state index in [1.807, 2.05) is 7.05 Å². The summed E-state index contributed by atoms with van der Waals surface area (Å²) in [6.45, 7) is -0.0397. The molecule has 3 aromatic rings. The lowest BCUT2D eigenvalue weighted by Gasteiger charge is -2.17. The number of amides is 1. The van der Waals surface area contributed by atoms with Crippen molar-refractivity contribution in [1.82, 2.24) is 30.2 Å². The molecule has 1 aliphatic carbocycles. The molecule has 2 N–H and O–H groups in total. The molecule has 1 fully saturated rings. The number of aromatic nitrogens is 5. The normalized spacial score (nSPS) is 14.3. The first-order chi connectivity index (χ1) is 13.6. The number of carboxylic acid groups (broad SMARTS) is 1. The Morgan fingerprint density at radius 2 is 2.11 bits per heavy atom. The molecule has 0 bridgehead atoms. The molecule has 0 unspecified atom stereocenters. The number of pyridine rings is 1. The predicted molar refractivity (Wildman–Crippen MR) is 98.5 cm³/mol. The summed E-state index contributed by atoms with van der Waals surface area (Å²) in [4.78, 5) is 29.4. The van der Waals surface area contributed by atoms with Crippen LogP contribution in [0.15, 0.2) is 23.0 Å². The Bertz CT molecular complexity index is 945. The van der Waals surface area contributed by atoms with Crippen molar-refractivity contribution >= 4 is 23.4 Å². The second kappa shape index (κ2) is 9.07. The van der Waals surface area contributed by atoms with Gasteiger partial charge in [0.2, 0.25) is 5.89 Å². The van der Waals surface area contributed by atoms with E-state index in [-0.39, 0.29) is 18.9 Å². The molecular formula is C18H22N6O4. The van der Waals surface area contributed by atoms with Crippen molar-refractivity contribution in [3.63, 3.8) is 0 Å². The second-order valence-electron chi connectivity index (χ2n) is 6.57. The first kappa shape index (κ1) is 19.5. The lowest BCUT2D eigenvalue weighted by molar-refractivity contribution is -0.122. The van der Waals surface area contributed by atoms with E-state index < -0.39 is 0 Å². The molecule has 10 nitrogen and oxygen atoms in total. The van der Waals surface area contributed by atoms with Crippen molar-refractivity contribution in [3.05, 3.63) is 35.7 Å². The summed E-state index contributed by atoms with van der Waals surface area (Å²) >= 11 is 0. The summed E-state index contributed by atoms with van der Waals surface area (Å²) in [6, 6.07) is 1.77. The quantitative estimate of drug-likeness (QED) is 0.650. The molecule has 1 aliphatic rings. The highest BCUT2D eigenvalue weighted by Crippen LogP contribution is 2.30. The van der Waals surface area contributed by atoms with Crippen molar-refractivity contribution in [1.29, 1.82) is 0 Å². The Balaban J connectivity index is 0.000000706. The molecule has 28 heavy (non-hydrogen) atoms. The van der Waals surface area contributed by atoms with E-state index in [1.54, 1.807) is 23.1 Å². The number of fused-ring (bicyclic) bond motifs is 1. The average Bonchev–Trinajstić information content (AvgIpc) is 3.34. The minimum absolute atomic E-state index is 0.210. The van der Waals surface area contributed by atoms with Crippen LogP contribution < -0.4 is 5.32 Å². The van der Waals surface area contributed by atoms with Gasteiger partial charge < -0.3 is 14.9 Å². The minimum atomic E-state index is -0.250. The van der Waals surface area contributed by atoms with Gasteiger partial charge in [0.25, 0.3) is 12.4 Å². The first-order valence-electron chi connectivity index (χ1n) is 9.08. The fourth-order valence-electron chi connectivity index (χ4n) is 3.27. The third kappa shape index (κ3) is 4.51. The maximum absolute atomic E-state index is 12.3. The summed E-state index contributed by atoms with van der Waals surface area (Å²) in [5.41, 5.74) is 2.04. The zero-order valence-corrected chi connectivity index (χ0v) is 15.5. The SMILES string of the molecule is Cn1ncc2ncc(C(=O)NCc3nc(C4CCCCC4)no3)cc21.O=CO. The highest BCUT2D eigenvalue weighted by Gasteiger charge is 2.21. The van der Waals surface area contributed by atoms with Gasteiger partial charge in [-0.15, -0.1) is 0 Å². The van der Waals surface area contributed by atoms with E-state index in [0.29, 0.717) is 17.4 Å². The molecule has 148 valence electrons. The van der Waals surface area contributed by atoms with Crippen LogP contribution in [-0.2, 0) is 18.4 Å². The summed E-state index contributed by atoms with van der Waals surface area (Å²) in [5, 5.41) is 17.9. The van der Waals surface area contributed by atoms with Crippen molar-refractivity contribution in [2.75, 3.05) is 0 Å². The van der Waals surface area contributed by atoms with Crippen molar-refractivity contribution in [3.8, 4) is 0 Å². The van der Waals surface area contributed by atoms with Crippen LogP contribution in [0.5, 0.6) is 0 Å². The third-order valence-electron chi connectivity index (χ3n) is 4.72. The topological polar surface area (TPSA) is 136 Å². The number of hydrogen-bond acceptors (Lipinski definition) is 7. The molecule has 0 saturated heterocycles. The number of carbonyl (C=O) groups is 2. The zero-order valence-electron chi connectivity index (χ0n) is 15.5. The molecule has 0 spiro atoms. The Labute approximate surface area is 160 Å². The van der Waals surface area contributed by atoms with Gasteiger partial charge in [-0.3, -0.25) is 19.3 Å². The summed E-state index contributed by atoms with van der Waals surface area (Å²) in [7, 11) is 1.82. The smallest absolute Gasteiger partial charge is 0.290 e. The Hall–Kier alpha value is -3.30. The first-order valence-corrected chi connectivity index (χ1v) is 9.08. The van der Waals surface area contributed by atoms with Crippen LogP contribution in [-0.4, -0.2) is 42.4 Å². The molecule has 0 atom stereocenters. The Kier molecular flexibility index (Phi) is 6.30. The number of nitrogens with one attached hydrogen (secondary N) is 1. The van der Waals surface area contributed by atoms with Gasteiger partial charge in [-0.25, -0.2) is 0 Å². The van der Waals surface area contributed by atoms with Crippen LogP contribution in [0, 0.1) is 0 Å². The number of nitrogens with zero attached hydrogens (tertiary/aromatic N) is 5. The van der Waals surface area contributed by atoms with Gasteiger partial charge in [-0.05, 0) is 18.9 Å². The van der Waals surface area contributed by atoms with Gasteiger partial charge in [0.05, 0.1) is 23.8 Å². The van der Waals surface area contributed by atoms with E-state index >= 15 is 0 Å². The summed E-state index contributed by atoms with van der Waals surface area (Å²) < 4.78 is 6.96. The van der Waals surface area contributed by atoms with Gasteiger partial charge in [0, 0.05) is 19.2 Å². The van der Waals surface area contributed by atoms with Crippen molar-refractivity contribution in [2.45, 2.75) is 44.6 Å². The fraction of sp³-hybridized carbons (Fsp3) is 0.444. The van der Waals surface area contributed by atoms with E-state index in [1.165, 1.54) is 19.3 Å². The van der Waals surface area contributed by atoms with E-state index in [4.69, 9.17) is 14.4 Å². The van der Waals surface area contributed by atoms with Crippen LogP contribution in [0.2, 0.25) is 0 Å². The number of hydrogen-bond donors (Lipinski definition) is 2. The van der Waals surface area contributed by atoms with Crippen molar-refractivity contribution < 1.29 is 19.2 Å². The lowest BCUT2D eigenvalue weighted by Crippen LogP contribution is -2.23. The van der Waals surface area contributed by atoms with Gasteiger partial charge in [-0.1, -0.05) is 24.4 Å². The predicted octanol–water partition coefficient (Wildman–Crippen LogP) is 2.03. The van der Waals surface area contributed by atoms with Crippen LogP contribution in [0.3, 0.4) is 0 Å². The average molecular weight is 386 g/mol.